The summed E-state index contributed by atoms with van der Waals surface area (Å²) in [5.74, 6) is 6.07. The van der Waals surface area contributed by atoms with E-state index in [0.717, 1.165) is 57.1 Å². The second-order valence-corrected chi connectivity index (χ2v) is 12.5. The van der Waals surface area contributed by atoms with E-state index in [4.69, 9.17) is 14.2 Å². The average Bonchev–Trinajstić information content (AvgIpc) is 3.15. The zero-order valence-electron chi connectivity index (χ0n) is 30.6. The summed E-state index contributed by atoms with van der Waals surface area (Å²) in [5, 5.41) is 14.7. The molecule has 1 atom stereocenters. The number of rotatable bonds is 23. The summed E-state index contributed by atoms with van der Waals surface area (Å²) in [4.78, 5) is 36.3. The van der Waals surface area contributed by atoms with Crippen molar-refractivity contribution in [2.45, 2.75) is 96.9 Å². The van der Waals surface area contributed by atoms with E-state index in [1.807, 2.05) is 6.08 Å². The molecule has 276 valence electrons. The molecule has 0 amide bonds. The Kier molecular flexibility index (Phi) is 18.9. The molecular formula is C43H52N2O7. The average molecular weight is 709 g/mol. The fourth-order valence-electron chi connectivity index (χ4n) is 5.18. The first kappa shape index (κ1) is 41.1. The van der Waals surface area contributed by atoms with Crippen LogP contribution < -0.4 is 14.8 Å². The van der Waals surface area contributed by atoms with Gasteiger partial charge in [-0.1, -0.05) is 81.9 Å². The van der Waals surface area contributed by atoms with E-state index >= 15 is 0 Å². The number of anilines is 1. The van der Waals surface area contributed by atoms with Crippen LogP contribution in [0.4, 0.5) is 11.4 Å². The van der Waals surface area contributed by atoms with Crippen LogP contribution in [0.3, 0.4) is 0 Å². The zero-order chi connectivity index (χ0) is 37.4. The maximum atomic E-state index is 12.7. The van der Waals surface area contributed by atoms with Gasteiger partial charge in [0.25, 0.3) is 5.69 Å². The monoisotopic (exact) mass is 708 g/mol. The molecule has 0 saturated carbocycles. The number of hydrogen-bond acceptors (Lipinski definition) is 8. The van der Waals surface area contributed by atoms with Crippen molar-refractivity contribution in [1.29, 1.82) is 0 Å². The predicted molar refractivity (Wildman–Crippen MR) is 207 cm³/mol. The molecule has 0 spiro atoms. The summed E-state index contributed by atoms with van der Waals surface area (Å²) in [6.07, 6.45) is 19.4. The Balaban J connectivity index is 1.43. The van der Waals surface area contributed by atoms with E-state index in [2.05, 4.69) is 42.8 Å². The summed E-state index contributed by atoms with van der Waals surface area (Å²) in [6, 6.07) is 17.4. The molecule has 0 unspecified atom stereocenters. The zero-order valence-corrected chi connectivity index (χ0v) is 30.6. The van der Waals surface area contributed by atoms with Gasteiger partial charge in [-0.2, -0.15) is 0 Å². The second-order valence-electron chi connectivity index (χ2n) is 12.5. The van der Waals surface area contributed by atoms with E-state index in [-0.39, 0.29) is 11.4 Å². The Bertz CT molecular complexity index is 1650. The molecule has 0 heterocycles. The SMILES string of the molecule is C=CC/C=C\CCCCCCCCOc1ccc(OC(=O)c2ccc(C#Cc3ccc(N[C@@H](C)C(=O)OCCCCCC)c([N+](=O)[O-])c3)cc2)cc1. The number of nitro benzene ring substituents is 1. The standard InChI is InChI=1S/C43H52N2O7/c1-4-6-8-10-11-12-13-14-15-16-18-31-50-38-26-28-39(29-27-38)52-43(47)37-24-21-35(22-25-37)19-20-36-23-30-40(41(33-36)45(48)49)44-34(3)42(46)51-32-17-9-7-5-2/h4,8,10,21-30,33-34,44H,1,5-7,9,11-18,31-32H2,2-3H3/b10-8-/t34-/m0/s1. The van der Waals surface area contributed by atoms with Crippen molar-refractivity contribution in [2.24, 2.45) is 0 Å². The van der Waals surface area contributed by atoms with Gasteiger partial charge in [-0.15, -0.1) is 6.58 Å². The smallest absolute Gasteiger partial charge is 0.343 e. The molecule has 0 aromatic heterocycles. The highest BCUT2D eigenvalue weighted by atomic mass is 16.6. The number of hydrogen-bond donors (Lipinski definition) is 1. The van der Waals surface area contributed by atoms with Crippen LogP contribution in [0.2, 0.25) is 0 Å². The van der Waals surface area contributed by atoms with Gasteiger partial charge in [-0.05, 0) is 99.7 Å². The van der Waals surface area contributed by atoms with Crippen LogP contribution in [0.1, 0.15) is 112 Å². The normalized spacial score (nSPS) is 11.3. The topological polar surface area (TPSA) is 117 Å². The second kappa shape index (κ2) is 23.9. The van der Waals surface area contributed by atoms with E-state index in [0.29, 0.717) is 35.7 Å². The molecule has 9 heteroatoms. The van der Waals surface area contributed by atoms with Gasteiger partial charge in [-0.25, -0.2) is 9.59 Å². The van der Waals surface area contributed by atoms with Crippen molar-refractivity contribution in [3.05, 3.63) is 118 Å². The number of benzene rings is 3. The Hall–Kier alpha value is -5.36. The molecule has 1 N–H and O–H groups in total. The van der Waals surface area contributed by atoms with E-state index in [1.165, 1.54) is 37.8 Å². The third-order valence-electron chi connectivity index (χ3n) is 8.17. The lowest BCUT2D eigenvalue weighted by Crippen LogP contribution is -2.28. The van der Waals surface area contributed by atoms with Crippen molar-refractivity contribution in [3.8, 4) is 23.3 Å². The van der Waals surface area contributed by atoms with Crippen molar-refractivity contribution < 1.29 is 28.7 Å². The number of carbonyl (C=O) groups is 2. The third kappa shape index (κ3) is 15.7. The summed E-state index contributed by atoms with van der Waals surface area (Å²) in [6.45, 7) is 8.40. The third-order valence-corrected chi connectivity index (χ3v) is 8.17. The highest BCUT2D eigenvalue weighted by Gasteiger charge is 2.20. The highest BCUT2D eigenvalue weighted by molar-refractivity contribution is 5.91. The largest absolute Gasteiger partial charge is 0.494 e. The minimum absolute atomic E-state index is 0.201. The first-order valence-corrected chi connectivity index (χ1v) is 18.3. The quantitative estimate of drug-likeness (QED) is 0.0197. The summed E-state index contributed by atoms with van der Waals surface area (Å²) in [5.41, 5.74) is 1.40. The van der Waals surface area contributed by atoms with Crippen LogP contribution >= 0.6 is 0 Å². The Morgan fingerprint density at radius 2 is 1.46 bits per heavy atom. The molecule has 0 bridgehead atoms. The molecule has 3 aromatic carbocycles. The number of carbonyl (C=O) groups excluding carboxylic acids is 2. The minimum Gasteiger partial charge on any atom is -0.494 e. The van der Waals surface area contributed by atoms with Gasteiger partial charge < -0.3 is 19.5 Å². The lowest BCUT2D eigenvalue weighted by atomic mass is 10.1. The summed E-state index contributed by atoms with van der Waals surface area (Å²) in [7, 11) is 0. The number of nitro groups is 1. The number of nitrogens with one attached hydrogen (secondary N) is 1. The number of ether oxygens (including phenoxy) is 3. The number of esters is 2. The molecule has 0 aliphatic rings. The predicted octanol–water partition coefficient (Wildman–Crippen LogP) is 10.4. The fourth-order valence-corrected chi connectivity index (χ4v) is 5.18. The van der Waals surface area contributed by atoms with Crippen LogP contribution in [0.15, 0.2) is 91.5 Å². The van der Waals surface area contributed by atoms with Crippen LogP contribution in [0.5, 0.6) is 11.5 Å². The maximum absolute atomic E-state index is 12.7. The van der Waals surface area contributed by atoms with Crippen molar-refractivity contribution >= 4 is 23.3 Å². The van der Waals surface area contributed by atoms with Crippen LogP contribution in [-0.4, -0.2) is 36.1 Å². The first-order chi connectivity index (χ1) is 25.3. The Morgan fingerprint density at radius 1 is 0.827 bits per heavy atom. The van der Waals surface area contributed by atoms with Gasteiger partial charge >= 0.3 is 11.9 Å². The van der Waals surface area contributed by atoms with Gasteiger partial charge in [0.15, 0.2) is 0 Å². The molecule has 3 aromatic rings. The molecule has 0 saturated heterocycles. The maximum Gasteiger partial charge on any atom is 0.343 e. The molecule has 0 radical (unpaired) electrons. The lowest BCUT2D eigenvalue weighted by Gasteiger charge is -2.14. The fraction of sp³-hybridized carbons (Fsp3) is 0.395. The van der Waals surface area contributed by atoms with Crippen LogP contribution in [-0.2, 0) is 9.53 Å². The molecule has 0 aliphatic carbocycles. The van der Waals surface area contributed by atoms with Gasteiger partial charge in [-0.3, -0.25) is 10.1 Å². The number of unbranched alkanes of at least 4 members (excludes halogenated alkanes) is 9. The lowest BCUT2D eigenvalue weighted by molar-refractivity contribution is -0.384. The van der Waals surface area contributed by atoms with Gasteiger partial charge in [0, 0.05) is 17.2 Å². The number of nitrogens with zero attached hydrogens (tertiary/aromatic N) is 1. The van der Waals surface area contributed by atoms with Gasteiger partial charge in [0.1, 0.15) is 23.2 Å². The molecular weight excluding hydrogens is 656 g/mol. The van der Waals surface area contributed by atoms with Crippen molar-refractivity contribution in [1.82, 2.24) is 0 Å². The minimum atomic E-state index is -0.758. The molecule has 52 heavy (non-hydrogen) atoms. The van der Waals surface area contributed by atoms with E-state index in [9.17, 15) is 19.7 Å². The van der Waals surface area contributed by atoms with E-state index < -0.39 is 22.9 Å². The van der Waals surface area contributed by atoms with Gasteiger partial charge in [0.2, 0.25) is 0 Å². The first-order valence-electron chi connectivity index (χ1n) is 18.3. The van der Waals surface area contributed by atoms with Crippen LogP contribution in [0, 0.1) is 22.0 Å². The van der Waals surface area contributed by atoms with Gasteiger partial charge in [0.05, 0.1) is 23.7 Å². The summed E-state index contributed by atoms with van der Waals surface area (Å²) >= 11 is 0. The Labute approximate surface area is 308 Å². The molecule has 9 nitrogen and oxygen atoms in total. The number of allylic oxidation sites excluding steroid dienone is 3. The van der Waals surface area contributed by atoms with Crippen molar-refractivity contribution in [3.63, 3.8) is 0 Å². The molecule has 0 aliphatic heterocycles. The van der Waals surface area contributed by atoms with E-state index in [1.54, 1.807) is 61.5 Å². The van der Waals surface area contributed by atoms with Crippen LogP contribution in [0.25, 0.3) is 0 Å². The molecule has 3 rings (SSSR count). The molecule has 0 fully saturated rings. The summed E-state index contributed by atoms with van der Waals surface area (Å²) < 4.78 is 16.7. The highest BCUT2D eigenvalue weighted by Crippen LogP contribution is 2.26. The van der Waals surface area contributed by atoms with Crippen molar-refractivity contribution in [2.75, 3.05) is 18.5 Å². The Morgan fingerprint density at radius 3 is 2.17 bits per heavy atom.